The molecule has 0 aliphatic carbocycles. The fraction of sp³-hybridized carbons (Fsp3) is 0.316. The van der Waals surface area contributed by atoms with Crippen LogP contribution in [0.5, 0.6) is 0 Å². The Morgan fingerprint density at radius 3 is 2.68 bits per heavy atom. The van der Waals surface area contributed by atoms with Crippen LogP contribution in [0.25, 0.3) is 10.9 Å². The van der Waals surface area contributed by atoms with Crippen LogP contribution in [0.2, 0.25) is 0 Å². The summed E-state index contributed by atoms with van der Waals surface area (Å²) in [4.78, 5) is 24.2. The number of hydrogen-bond donors (Lipinski definition) is 0. The predicted octanol–water partition coefficient (Wildman–Crippen LogP) is 3.10. The van der Waals surface area contributed by atoms with Gasteiger partial charge in [0, 0.05) is 55.6 Å². The Morgan fingerprint density at radius 2 is 2.04 bits per heavy atom. The molecule has 1 saturated heterocycles. The van der Waals surface area contributed by atoms with Crippen LogP contribution >= 0.6 is 11.3 Å². The zero-order chi connectivity index (χ0) is 19.7. The van der Waals surface area contributed by atoms with Crippen LogP contribution in [0.15, 0.2) is 29.6 Å². The highest BCUT2D eigenvalue weighted by Crippen LogP contribution is 2.27. The second-order valence-corrected chi connectivity index (χ2v) is 7.78. The lowest BCUT2D eigenvalue weighted by atomic mass is 10.1. The SMILES string of the molecule is Cc1nc(CN2CCN(c3cc(C#N)c4cc([N+](=O)[O-])ccc4n3)CC2)cs1. The van der Waals surface area contributed by atoms with E-state index in [-0.39, 0.29) is 5.69 Å². The van der Waals surface area contributed by atoms with Gasteiger partial charge in [-0.15, -0.1) is 11.3 Å². The first-order chi connectivity index (χ1) is 13.5. The smallest absolute Gasteiger partial charge is 0.270 e. The quantitative estimate of drug-likeness (QED) is 0.495. The van der Waals surface area contributed by atoms with Gasteiger partial charge in [-0.05, 0) is 19.1 Å². The van der Waals surface area contributed by atoms with Crippen molar-refractivity contribution in [3.05, 3.63) is 56.0 Å². The van der Waals surface area contributed by atoms with Crippen molar-refractivity contribution in [1.82, 2.24) is 14.9 Å². The van der Waals surface area contributed by atoms with E-state index in [4.69, 9.17) is 0 Å². The zero-order valence-corrected chi connectivity index (χ0v) is 16.1. The molecule has 0 atom stereocenters. The van der Waals surface area contributed by atoms with Gasteiger partial charge in [-0.3, -0.25) is 15.0 Å². The van der Waals surface area contributed by atoms with Gasteiger partial charge in [0.25, 0.3) is 5.69 Å². The molecule has 4 rings (SSSR count). The van der Waals surface area contributed by atoms with Gasteiger partial charge >= 0.3 is 0 Å². The van der Waals surface area contributed by atoms with E-state index in [1.54, 1.807) is 23.5 Å². The Labute approximate surface area is 165 Å². The molecule has 3 heterocycles. The van der Waals surface area contributed by atoms with E-state index in [1.165, 1.54) is 12.1 Å². The Bertz CT molecular complexity index is 1080. The fourth-order valence-electron chi connectivity index (χ4n) is 3.41. The minimum Gasteiger partial charge on any atom is -0.354 e. The van der Waals surface area contributed by atoms with E-state index < -0.39 is 4.92 Å². The zero-order valence-electron chi connectivity index (χ0n) is 15.3. The molecule has 9 heteroatoms. The third kappa shape index (κ3) is 3.65. The van der Waals surface area contributed by atoms with Crippen molar-refractivity contribution >= 4 is 33.7 Å². The van der Waals surface area contributed by atoms with Crippen molar-refractivity contribution < 1.29 is 4.92 Å². The molecule has 0 radical (unpaired) electrons. The van der Waals surface area contributed by atoms with E-state index in [2.05, 4.69) is 31.2 Å². The van der Waals surface area contributed by atoms with Crippen LogP contribution in [0.1, 0.15) is 16.3 Å². The summed E-state index contributed by atoms with van der Waals surface area (Å²) in [7, 11) is 0. The van der Waals surface area contributed by atoms with Gasteiger partial charge < -0.3 is 4.90 Å². The molecule has 0 unspecified atom stereocenters. The number of fused-ring (bicyclic) bond motifs is 1. The van der Waals surface area contributed by atoms with Crippen molar-refractivity contribution in [2.75, 3.05) is 31.1 Å². The largest absolute Gasteiger partial charge is 0.354 e. The van der Waals surface area contributed by atoms with Crippen molar-refractivity contribution in [2.24, 2.45) is 0 Å². The van der Waals surface area contributed by atoms with Crippen LogP contribution in [-0.4, -0.2) is 46.0 Å². The van der Waals surface area contributed by atoms with Crippen LogP contribution in [0.4, 0.5) is 11.5 Å². The second kappa shape index (κ2) is 7.50. The van der Waals surface area contributed by atoms with Gasteiger partial charge in [-0.1, -0.05) is 0 Å². The number of benzene rings is 1. The van der Waals surface area contributed by atoms with Gasteiger partial charge in [0.1, 0.15) is 5.82 Å². The molecule has 1 aliphatic heterocycles. The average Bonchev–Trinajstić information content (AvgIpc) is 3.11. The highest BCUT2D eigenvalue weighted by Gasteiger charge is 2.20. The maximum absolute atomic E-state index is 11.0. The average molecular weight is 394 g/mol. The molecule has 0 saturated carbocycles. The summed E-state index contributed by atoms with van der Waals surface area (Å²) in [6, 6.07) is 8.33. The molecule has 2 aromatic heterocycles. The third-order valence-corrected chi connectivity index (χ3v) is 5.68. The summed E-state index contributed by atoms with van der Waals surface area (Å²) in [5.74, 6) is 0.738. The van der Waals surface area contributed by atoms with Gasteiger partial charge in [-0.25, -0.2) is 9.97 Å². The van der Waals surface area contributed by atoms with Crippen LogP contribution in [-0.2, 0) is 6.54 Å². The van der Waals surface area contributed by atoms with Crippen molar-refractivity contribution in [2.45, 2.75) is 13.5 Å². The van der Waals surface area contributed by atoms with Crippen LogP contribution in [0.3, 0.4) is 0 Å². The van der Waals surface area contributed by atoms with Gasteiger partial charge in [0.15, 0.2) is 0 Å². The lowest BCUT2D eigenvalue weighted by Crippen LogP contribution is -2.46. The van der Waals surface area contributed by atoms with Gasteiger partial charge in [0.2, 0.25) is 0 Å². The number of hydrogen-bond acceptors (Lipinski definition) is 8. The Kier molecular flexibility index (Phi) is 4.90. The Balaban J connectivity index is 1.52. The summed E-state index contributed by atoms with van der Waals surface area (Å²) in [6.45, 7) is 6.24. The normalized spacial score (nSPS) is 14.9. The Morgan fingerprint density at radius 1 is 1.25 bits per heavy atom. The number of thiazole rings is 1. The summed E-state index contributed by atoms with van der Waals surface area (Å²) in [6.07, 6.45) is 0. The van der Waals surface area contributed by atoms with Crippen molar-refractivity contribution in [1.29, 1.82) is 5.26 Å². The molecule has 0 amide bonds. The molecule has 0 N–H and O–H groups in total. The number of nitriles is 1. The summed E-state index contributed by atoms with van der Waals surface area (Å²) in [5.41, 5.74) is 2.07. The van der Waals surface area contributed by atoms with Crippen LogP contribution < -0.4 is 4.90 Å². The third-order valence-electron chi connectivity index (χ3n) is 4.86. The number of nitro benzene ring substituents is 1. The highest BCUT2D eigenvalue weighted by atomic mass is 32.1. The fourth-order valence-corrected chi connectivity index (χ4v) is 4.02. The molecule has 0 bridgehead atoms. The number of nitrogens with zero attached hydrogens (tertiary/aromatic N) is 6. The molecular weight excluding hydrogens is 376 g/mol. The predicted molar refractivity (Wildman–Crippen MR) is 107 cm³/mol. The molecular formula is C19H18N6O2S. The van der Waals surface area contributed by atoms with E-state index in [0.29, 0.717) is 16.5 Å². The molecule has 1 aromatic carbocycles. The molecule has 28 heavy (non-hydrogen) atoms. The monoisotopic (exact) mass is 394 g/mol. The second-order valence-electron chi connectivity index (χ2n) is 6.72. The lowest BCUT2D eigenvalue weighted by Gasteiger charge is -2.35. The first-order valence-electron chi connectivity index (χ1n) is 8.91. The number of pyridine rings is 1. The van der Waals surface area contributed by atoms with E-state index in [9.17, 15) is 15.4 Å². The summed E-state index contributed by atoms with van der Waals surface area (Å²) >= 11 is 1.67. The van der Waals surface area contributed by atoms with Crippen molar-refractivity contribution in [3.8, 4) is 6.07 Å². The number of rotatable bonds is 4. The molecule has 1 aliphatic rings. The molecule has 1 fully saturated rings. The van der Waals surface area contributed by atoms with Crippen LogP contribution in [0, 0.1) is 28.4 Å². The highest BCUT2D eigenvalue weighted by molar-refractivity contribution is 7.09. The van der Waals surface area contributed by atoms with Crippen molar-refractivity contribution in [3.63, 3.8) is 0 Å². The number of anilines is 1. The number of piperazine rings is 1. The van der Waals surface area contributed by atoms with E-state index in [0.717, 1.165) is 49.2 Å². The van der Waals surface area contributed by atoms with Gasteiger partial charge in [0.05, 0.1) is 32.8 Å². The standard InChI is InChI=1S/C19H18N6O2S/c1-13-21-15(12-28-13)11-23-4-6-24(7-5-23)19-8-14(10-20)17-9-16(25(26)27)2-3-18(17)22-19/h2-3,8-9,12H,4-7,11H2,1H3. The first kappa shape index (κ1) is 18.3. The number of aromatic nitrogens is 2. The molecule has 0 spiro atoms. The Hall–Kier alpha value is -3.09. The molecule has 3 aromatic rings. The number of aryl methyl sites for hydroxylation is 1. The minimum absolute atomic E-state index is 0.0376. The maximum Gasteiger partial charge on any atom is 0.270 e. The summed E-state index contributed by atoms with van der Waals surface area (Å²) < 4.78 is 0. The molecule has 142 valence electrons. The molecule has 8 nitrogen and oxygen atoms in total. The first-order valence-corrected chi connectivity index (χ1v) is 9.79. The topological polar surface area (TPSA) is 99.2 Å². The lowest BCUT2D eigenvalue weighted by molar-refractivity contribution is -0.384. The van der Waals surface area contributed by atoms with E-state index >= 15 is 0 Å². The minimum atomic E-state index is -0.461. The number of non-ortho nitro benzene ring substituents is 1. The number of nitro groups is 1. The van der Waals surface area contributed by atoms with Gasteiger partial charge in [-0.2, -0.15) is 5.26 Å². The summed E-state index contributed by atoms with van der Waals surface area (Å²) in [5, 5.41) is 24.2. The maximum atomic E-state index is 11.0. The van der Waals surface area contributed by atoms with E-state index in [1.807, 2.05) is 6.92 Å².